The molecule has 7 nitrogen and oxygen atoms in total. The average molecular weight is 414 g/mol. The van der Waals surface area contributed by atoms with Crippen molar-refractivity contribution in [2.45, 2.75) is 25.1 Å². The maximum Gasteiger partial charge on any atom is 0.471 e. The quantitative estimate of drug-likeness (QED) is 0.810. The van der Waals surface area contributed by atoms with Crippen molar-refractivity contribution in [1.29, 1.82) is 0 Å². The SMILES string of the molecule is CN1CCN(c2cccc(C(N)=O)c2N(C(=O)C(F)(F)F)C2CCOCC2)CC1. The molecule has 2 heterocycles. The van der Waals surface area contributed by atoms with Crippen LogP contribution in [0.1, 0.15) is 23.2 Å². The summed E-state index contributed by atoms with van der Waals surface area (Å²) in [4.78, 5) is 29.4. The number of alkyl halides is 3. The third-order valence-corrected chi connectivity index (χ3v) is 5.38. The van der Waals surface area contributed by atoms with Crippen molar-refractivity contribution in [3.05, 3.63) is 23.8 Å². The number of para-hydroxylation sites is 1. The van der Waals surface area contributed by atoms with Crippen LogP contribution in [-0.2, 0) is 9.53 Å². The molecule has 10 heteroatoms. The Morgan fingerprint density at radius 2 is 1.76 bits per heavy atom. The van der Waals surface area contributed by atoms with Crippen LogP contribution in [0.4, 0.5) is 24.5 Å². The van der Waals surface area contributed by atoms with E-state index in [1.807, 2.05) is 11.9 Å². The molecule has 2 N–H and O–H groups in total. The predicted octanol–water partition coefficient (Wildman–Crippen LogP) is 1.61. The molecule has 2 aliphatic rings. The van der Waals surface area contributed by atoms with E-state index in [1.165, 1.54) is 6.07 Å². The van der Waals surface area contributed by atoms with Crippen molar-refractivity contribution in [3.63, 3.8) is 0 Å². The summed E-state index contributed by atoms with van der Waals surface area (Å²) in [5.74, 6) is -2.86. The van der Waals surface area contributed by atoms with Crippen LogP contribution in [0.2, 0.25) is 0 Å². The van der Waals surface area contributed by atoms with Gasteiger partial charge in [0.05, 0.1) is 16.9 Å². The van der Waals surface area contributed by atoms with Crippen LogP contribution in [0.5, 0.6) is 0 Å². The van der Waals surface area contributed by atoms with Crippen LogP contribution >= 0.6 is 0 Å². The second-order valence-electron chi connectivity index (χ2n) is 7.34. The molecule has 0 atom stereocenters. The molecule has 0 aliphatic carbocycles. The van der Waals surface area contributed by atoms with Crippen LogP contribution in [0, 0.1) is 0 Å². The van der Waals surface area contributed by atoms with Gasteiger partial charge < -0.3 is 20.3 Å². The lowest BCUT2D eigenvalue weighted by Gasteiger charge is -2.40. The van der Waals surface area contributed by atoms with Gasteiger partial charge in [0.1, 0.15) is 0 Å². The van der Waals surface area contributed by atoms with Gasteiger partial charge >= 0.3 is 12.1 Å². The van der Waals surface area contributed by atoms with Gasteiger partial charge in [-0.3, -0.25) is 14.5 Å². The Morgan fingerprint density at radius 1 is 1.14 bits per heavy atom. The number of carbonyl (C=O) groups excluding carboxylic acids is 2. The van der Waals surface area contributed by atoms with Crippen LogP contribution < -0.4 is 15.5 Å². The van der Waals surface area contributed by atoms with E-state index in [1.54, 1.807) is 12.1 Å². The summed E-state index contributed by atoms with van der Waals surface area (Å²) in [6.07, 6.45) is -4.59. The number of nitrogens with zero attached hydrogens (tertiary/aromatic N) is 3. The second-order valence-corrected chi connectivity index (χ2v) is 7.34. The van der Waals surface area contributed by atoms with Gasteiger partial charge in [-0.2, -0.15) is 13.2 Å². The molecule has 0 bridgehead atoms. The summed E-state index contributed by atoms with van der Waals surface area (Å²) < 4.78 is 45.9. The molecular weight excluding hydrogens is 389 g/mol. The molecule has 3 rings (SSSR count). The fraction of sp³-hybridized carbons (Fsp3) is 0.579. The van der Waals surface area contributed by atoms with E-state index >= 15 is 0 Å². The van der Waals surface area contributed by atoms with Gasteiger partial charge in [0, 0.05) is 45.4 Å². The fourth-order valence-electron chi connectivity index (χ4n) is 3.82. The zero-order valence-corrected chi connectivity index (χ0v) is 16.2. The molecule has 160 valence electrons. The number of hydrogen-bond acceptors (Lipinski definition) is 5. The van der Waals surface area contributed by atoms with Gasteiger partial charge in [-0.1, -0.05) is 6.07 Å². The monoisotopic (exact) mass is 414 g/mol. The minimum absolute atomic E-state index is 0.0567. The number of hydrogen-bond donors (Lipinski definition) is 1. The van der Waals surface area contributed by atoms with Crippen molar-refractivity contribution in [3.8, 4) is 0 Å². The molecule has 2 aliphatic heterocycles. The lowest BCUT2D eigenvalue weighted by atomic mass is 10.0. The fourth-order valence-corrected chi connectivity index (χ4v) is 3.82. The number of amides is 2. The topological polar surface area (TPSA) is 79.1 Å². The first-order valence-corrected chi connectivity index (χ1v) is 9.54. The molecular formula is C19H25F3N4O3. The highest BCUT2D eigenvalue weighted by Crippen LogP contribution is 2.39. The van der Waals surface area contributed by atoms with E-state index in [-0.39, 0.29) is 37.3 Å². The molecule has 1 aromatic rings. The summed E-state index contributed by atoms with van der Waals surface area (Å²) in [5.41, 5.74) is 5.77. The molecule has 2 saturated heterocycles. The van der Waals surface area contributed by atoms with Gasteiger partial charge in [0.25, 0.3) is 5.91 Å². The zero-order valence-electron chi connectivity index (χ0n) is 16.2. The van der Waals surface area contributed by atoms with Crippen molar-refractivity contribution in [1.82, 2.24) is 4.90 Å². The van der Waals surface area contributed by atoms with E-state index in [4.69, 9.17) is 10.5 Å². The maximum atomic E-state index is 13.5. The van der Waals surface area contributed by atoms with E-state index in [2.05, 4.69) is 4.90 Å². The first-order chi connectivity index (χ1) is 13.7. The van der Waals surface area contributed by atoms with E-state index in [0.29, 0.717) is 31.9 Å². The minimum atomic E-state index is -5.08. The number of likely N-dealkylation sites (N-methyl/N-ethyl adjacent to an activating group) is 1. The highest BCUT2D eigenvalue weighted by molar-refractivity contribution is 6.09. The van der Waals surface area contributed by atoms with E-state index < -0.39 is 24.0 Å². The number of carbonyl (C=O) groups is 2. The molecule has 2 fully saturated rings. The third-order valence-electron chi connectivity index (χ3n) is 5.38. The molecule has 1 aromatic carbocycles. The number of ether oxygens (including phenoxy) is 1. The number of anilines is 2. The molecule has 0 radical (unpaired) electrons. The van der Waals surface area contributed by atoms with Crippen molar-refractivity contribution in [2.75, 3.05) is 56.2 Å². The van der Waals surface area contributed by atoms with Gasteiger partial charge in [-0.25, -0.2) is 0 Å². The summed E-state index contributed by atoms with van der Waals surface area (Å²) >= 11 is 0. The number of nitrogens with two attached hydrogens (primary N) is 1. The predicted molar refractivity (Wildman–Crippen MR) is 102 cm³/mol. The van der Waals surface area contributed by atoms with E-state index in [0.717, 1.165) is 4.90 Å². The molecule has 0 aromatic heterocycles. The standard InChI is InChI=1S/C19H25F3N4O3/c1-24-7-9-25(10-8-24)15-4-2-3-14(17(23)27)16(15)26(18(28)19(20,21)22)13-5-11-29-12-6-13/h2-4,13H,5-12H2,1H3,(H2,23,27). The largest absolute Gasteiger partial charge is 0.471 e. The van der Waals surface area contributed by atoms with E-state index in [9.17, 15) is 22.8 Å². The lowest BCUT2D eigenvalue weighted by molar-refractivity contribution is -0.171. The maximum absolute atomic E-state index is 13.5. The Bertz CT molecular complexity index is 758. The van der Waals surface area contributed by atoms with Crippen LogP contribution in [-0.4, -0.2) is 75.4 Å². The van der Waals surface area contributed by atoms with Crippen LogP contribution in [0.3, 0.4) is 0 Å². The Balaban J connectivity index is 2.14. The highest BCUT2D eigenvalue weighted by atomic mass is 19.4. The number of halogens is 3. The number of piperazine rings is 1. The highest BCUT2D eigenvalue weighted by Gasteiger charge is 2.47. The van der Waals surface area contributed by atoms with Crippen LogP contribution in [0.15, 0.2) is 18.2 Å². The van der Waals surface area contributed by atoms with Crippen molar-refractivity contribution >= 4 is 23.2 Å². The Hall–Kier alpha value is -2.33. The van der Waals surface area contributed by atoms with Gasteiger partial charge in [0.15, 0.2) is 0 Å². The number of rotatable bonds is 4. The van der Waals surface area contributed by atoms with Gasteiger partial charge in [-0.05, 0) is 32.0 Å². The third kappa shape index (κ3) is 4.64. The summed E-state index contributed by atoms with van der Waals surface area (Å²) in [5, 5.41) is 0. The second kappa shape index (κ2) is 8.58. The average Bonchev–Trinajstić information content (AvgIpc) is 2.69. The Kier molecular flexibility index (Phi) is 6.33. The number of primary amides is 1. The lowest BCUT2D eigenvalue weighted by Crippen LogP contribution is -2.51. The molecule has 0 saturated carbocycles. The smallest absolute Gasteiger partial charge is 0.381 e. The summed E-state index contributed by atoms with van der Waals surface area (Å²) in [6, 6.07) is 3.86. The normalized spacial score (nSPS) is 19.2. The first kappa shape index (κ1) is 21.4. The first-order valence-electron chi connectivity index (χ1n) is 9.54. The van der Waals surface area contributed by atoms with Gasteiger partial charge in [0.2, 0.25) is 0 Å². The molecule has 2 amide bonds. The Labute approximate surface area is 167 Å². The van der Waals surface area contributed by atoms with Crippen LogP contribution in [0.25, 0.3) is 0 Å². The zero-order chi connectivity index (χ0) is 21.2. The molecule has 0 unspecified atom stereocenters. The van der Waals surface area contributed by atoms with Crippen molar-refractivity contribution < 1.29 is 27.5 Å². The molecule has 29 heavy (non-hydrogen) atoms. The minimum Gasteiger partial charge on any atom is -0.381 e. The summed E-state index contributed by atoms with van der Waals surface area (Å²) in [6.45, 7) is 3.04. The van der Waals surface area contributed by atoms with Gasteiger partial charge in [-0.15, -0.1) is 0 Å². The Morgan fingerprint density at radius 3 is 2.31 bits per heavy atom. The molecule has 0 spiro atoms. The van der Waals surface area contributed by atoms with Crippen molar-refractivity contribution in [2.24, 2.45) is 5.73 Å². The number of benzene rings is 1. The summed E-state index contributed by atoms with van der Waals surface area (Å²) in [7, 11) is 1.96.